The van der Waals surface area contributed by atoms with Gasteiger partial charge in [0.15, 0.2) is 0 Å². The number of urea groups is 1. The van der Waals surface area contributed by atoms with Crippen LogP contribution >= 0.6 is 0 Å². The first-order valence-corrected chi connectivity index (χ1v) is 5.98. The third kappa shape index (κ3) is 3.73. The summed E-state index contributed by atoms with van der Waals surface area (Å²) >= 11 is 0. The molecule has 1 aliphatic rings. The van der Waals surface area contributed by atoms with Crippen LogP contribution in [-0.2, 0) is 0 Å². The first-order chi connectivity index (χ1) is 7.00. The average Bonchev–Trinajstić information content (AvgIpc) is 2.18. The van der Waals surface area contributed by atoms with Crippen molar-refractivity contribution in [1.29, 1.82) is 0 Å². The van der Waals surface area contributed by atoms with Crippen LogP contribution in [0.2, 0.25) is 0 Å². The van der Waals surface area contributed by atoms with E-state index in [9.17, 15) is 4.79 Å². The standard InChI is InChI=1S/C12H24N2O/c1-9(2)10-6-5-7-11(8-10)13-12(15)14(3)4/h9-11H,5-8H2,1-4H3,(H,13,15)/t10?,11-/m1/s1. The van der Waals surface area contributed by atoms with Gasteiger partial charge in [0.1, 0.15) is 0 Å². The minimum Gasteiger partial charge on any atom is -0.335 e. The van der Waals surface area contributed by atoms with Crippen molar-refractivity contribution in [3.05, 3.63) is 0 Å². The van der Waals surface area contributed by atoms with Crippen molar-refractivity contribution in [3.8, 4) is 0 Å². The van der Waals surface area contributed by atoms with E-state index in [0.717, 1.165) is 24.7 Å². The lowest BCUT2D eigenvalue weighted by Gasteiger charge is -2.32. The molecular formula is C12H24N2O. The second-order valence-electron chi connectivity index (χ2n) is 5.21. The topological polar surface area (TPSA) is 32.3 Å². The summed E-state index contributed by atoms with van der Waals surface area (Å²) in [6.07, 6.45) is 4.87. The third-order valence-corrected chi connectivity index (χ3v) is 3.39. The molecule has 3 heteroatoms. The molecule has 88 valence electrons. The maximum atomic E-state index is 11.5. The Labute approximate surface area is 93.2 Å². The first kappa shape index (κ1) is 12.3. The maximum Gasteiger partial charge on any atom is 0.317 e. The molecule has 3 nitrogen and oxygen atoms in total. The van der Waals surface area contributed by atoms with Gasteiger partial charge in [0.25, 0.3) is 0 Å². The third-order valence-electron chi connectivity index (χ3n) is 3.39. The van der Waals surface area contributed by atoms with Gasteiger partial charge in [-0.2, -0.15) is 0 Å². The van der Waals surface area contributed by atoms with Gasteiger partial charge in [0, 0.05) is 20.1 Å². The molecule has 1 fully saturated rings. The van der Waals surface area contributed by atoms with Crippen molar-refractivity contribution in [2.75, 3.05) is 14.1 Å². The van der Waals surface area contributed by atoms with E-state index in [1.54, 1.807) is 19.0 Å². The van der Waals surface area contributed by atoms with Crippen molar-refractivity contribution in [2.45, 2.75) is 45.6 Å². The monoisotopic (exact) mass is 212 g/mol. The van der Waals surface area contributed by atoms with Gasteiger partial charge in [-0.25, -0.2) is 4.79 Å². The van der Waals surface area contributed by atoms with E-state index < -0.39 is 0 Å². The summed E-state index contributed by atoms with van der Waals surface area (Å²) in [7, 11) is 3.58. The average molecular weight is 212 g/mol. The largest absolute Gasteiger partial charge is 0.335 e. The quantitative estimate of drug-likeness (QED) is 0.749. The van der Waals surface area contributed by atoms with Gasteiger partial charge in [-0.3, -0.25) is 0 Å². The number of carbonyl (C=O) groups excluding carboxylic acids is 1. The summed E-state index contributed by atoms with van der Waals surface area (Å²) in [6.45, 7) is 4.56. The molecule has 1 N–H and O–H groups in total. The molecule has 1 unspecified atom stereocenters. The van der Waals surface area contributed by atoms with Gasteiger partial charge in [-0.15, -0.1) is 0 Å². The van der Waals surface area contributed by atoms with Crippen LogP contribution in [0.1, 0.15) is 39.5 Å². The summed E-state index contributed by atoms with van der Waals surface area (Å²) in [4.78, 5) is 13.1. The van der Waals surface area contributed by atoms with E-state index >= 15 is 0 Å². The van der Waals surface area contributed by atoms with Crippen LogP contribution in [0.5, 0.6) is 0 Å². The summed E-state index contributed by atoms with van der Waals surface area (Å²) in [5, 5.41) is 3.09. The molecule has 0 spiro atoms. The zero-order valence-electron chi connectivity index (χ0n) is 10.4. The second-order valence-corrected chi connectivity index (χ2v) is 5.21. The predicted octanol–water partition coefficient (Wildman–Crippen LogP) is 2.47. The number of rotatable bonds is 2. The lowest BCUT2D eigenvalue weighted by atomic mass is 9.79. The minimum atomic E-state index is 0.0457. The van der Waals surface area contributed by atoms with Crippen LogP contribution in [0.3, 0.4) is 0 Å². The van der Waals surface area contributed by atoms with Gasteiger partial charge in [-0.1, -0.05) is 26.7 Å². The van der Waals surface area contributed by atoms with Crippen molar-refractivity contribution >= 4 is 6.03 Å². The summed E-state index contributed by atoms with van der Waals surface area (Å²) < 4.78 is 0. The molecule has 0 heterocycles. The molecule has 0 saturated heterocycles. The van der Waals surface area contributed by atoms with Crippen LogP contribution < -0.4 is 5.32 Å². The van der Waals surface area contributed by atoms with Gasteiger partial charge in [0.2, 0.25) is 0 Å². The van der Waals surface area contributed by atoms with Crippen LogP contribution in [0.15, 0.2) is 0 Å². The first-order valence-electron chi connectivity index (χ1n) is 5.98. The van der Waals surface area contributed by atoms with E-state index in [4.69, 9.17) is 0 Å². The molecule has 0 aromatic carbocycles. The molecule has 0 aliphatic heterocycles. The van der Waals surface area contributed by atoms with E-state index in [0.29, 0.717) is 6.04 Å². The molecule has 0 aromatic rings. The highest BCUT2D eigenvalue weighted by Gasteiger charge is 2.25. The minimum absolute atomic E-state index is 0.0457. The normalized spacial score (nSPS) is 26.5. The molecule has 15 heavy (non-hydrogen) atoms. The van der Waals surface area contributed by atoms with Crippen molar-refractivity contribution in [1.82, 2.24) is 10.2 Å². The Hall–Kier alpha value is -0.730. The van der Waals surface area contributed by atoms with Crippen LogP contribution in [-0.4, -0.2) is 31.1 Å². The van der Waals surface area contributed by atoms with Gasteiger partial charge in [-0.05, 0) is 24.7 Å². The fourth-order valence-corrected chi connectivity index (χ4v) is 2.27. The predicted molar refractivity (Wildman–Crippen MR) is 62.8 cm³/mol. The fraction of sp³-hybridized carbons (Fsp3) is 0.917. The van der Waals surface area contributed by atoms with Crippen LogP contribution in [0.25, 0.3) is 0 Å². The molecule has 2 amide bonds. The molecule has 1 aliphatic carbocycles. The molecule has 0 radical (unpaired) electrons. The van der Waals surface area contributed by atoms with Crippen molar-refractivity contribution in [2.24, 2.45) is 11.8 Å². The van der Waals surface area contributed by atoms with Gasteiger partial charge < -0.3 is 10.2 Å². The van der Waals surface area contributed by atoms with Gasteiger partial charge in [0.05, 0.1) is 0 Å². The highest BCUT2D eigenvalue weighted by molar-refractivity contribution is 5.73. The lowest BCUT2D eigenvalue weighted by Crippen LogP contribution is -2.44. The molecule has 0 aromatic heterocycles. The highest BCUT2D eigenvalue weighted by atomic mass is 16.2. The van der Waals surface area contributed by atoms with E-state index in [-0.39, 0.29) is 6.03 Å². The highest BCUT2D eigenvalue weighted by Crippen LogP contribution is 2.29. The Morgan fingerprint density at radius 2 is 2.00 bits per heavy atom. The number of hydrogen-bond donors (Lipinski definition) is 1. The number of carbonyl (C=O) groups is 1. The van der Waals surface area contributed by atoms with Crippen molar-refractivity contribution < 1.29 is 4.79 Å². The SMILES string of the molecule is CC(C)C1CCC[C@@H](NC(=O)N(C)C)C1. The Morgan fingerprint density at radius 3 is 2.53 bits per heavy atom. The number of nitrogens with one attached hydrogen (secondary N) is 1. The lowest BCUT2D eigenvalue weighted by molar-refractivity contribution is 0.194. The summed E-state index contributed by atoms with van der Waals surface area (Å²) in [6, 6.07) is 0.436. The maximum absolute atomic E-state index is 11.5. The van der Waals surface area contributed by atoms with E-state index in [1.807, 2.05) is 0 Å². The van der Waals surface area contributed by atoms with E-state index in [1.165, 1.54) is 12.8 Å². The summed E-state index contributed by atoms with van der Waals surface area (Å²) in [5.41, 5.74) is 0. The Kier molecular flexibility index (Phi) is 4.43. The van der Waals surface area contributed by atoms with Crippen LogP contribution in [0.4, 0.5) is 4.79 Å². The molecule has 0 bridgehead atoms. The Morgan fingerprint density at radius 1 is 1.33 bits per heavy atom. The molecular weight excluding hydrogens is 188 g/mol. The fourth-order valence-electron chi connectivity index (χ4n) is 2.27. The number of hydrogen-bond acceptors (Lipinski definition) is 1. The molecule has 1 rings (SSSR count). The zero-order chi connectivity index (χ0) is 11.4. The Balaban J connectivity index is 2.39. The van der Waals surface area contributed by atoms with Crippen molar-refractivity contribution in [3.63, 3.8) is 0 Å². The second kappa shape index (κ2) is 5.38. The molecule has 1 saturated carbocycles. The summed E-state index contributed by atoms with van der Waals surface area (Å²) in [5.74, 6) is 1.52. The van der Waals surface area contributed by atoms with E-state index in [2.05, 4.69) is 19.2 Å². The Bertz CT molecular complexity index is 214. The van der Waals surface area contributed by atoms with Gasteiger partial charge >= 0.3 is 6.03 Å². The van der Waals surface area contributed by atoms with Crippen LogP contribution in [0, 0.1) is 11.8 Å². The smallest absolute Gasteiger partial charge is 0.317 e. The number of amides is 2. The molecule has 2 atom stereocenters. The zero-order valence-corrected chi connectivity index (χ0v) is 10.4. The number of nitrogens with zero attached hydrogens (tertiary/aromatic N) is 1.